The largest absolute Gasteiger partial charge is 0.493 e. The fourth-order valence-corrected chi connectivity index (χ4v) is 3.25. The molecule has 168 valence electrons. The highest BCUT2D eigenvalue weighted by Crippen LogP contribution is 2.33. The van der Waals surface area contributed by atoms with Gasteiger partial charge in [0.05, 0.1) is 19.9 Å². The Balaban J connectivity index is 1.60. The van der Waals surface area contributed by atoms with Gasteiger partial charge in [-0.1, -0.05) is 17.7 Å². The topological polar surface area (TPSA) is 87.5 Å². The molecule has 0 aliphatic carbocycles. The minimum Gasteiger partial charge on any atom is -0.493 e. The molecule has 0 spiro atoms. The second kappa shape index (κ2) is 10.1. The minimum atomic E-state index is -0.346. The zero-order chi connectivity index (χ0) is 23.2. The lowest BCUT2D eigenvalue weighted by atomic mass is 10.1. The number of rotatable bonds is 8. The highest BCUT2D eigenvalue weighted by Gasteiger charge is 2.16. The first-order chi connectivity index (χ1) is 16.1. The van der Waals surface area contributed by atoms with Crippen LogP contribution in [-0.4, -0.2) is 41.5 Å². The predicted molar refractivity (Wildman–Crippen MR) is 125 cm³/mol. The first-order valence-corrected chi connectivity index (χ1v) is 10.4. The minimum absolute atomic E-state index is 0.180. The van der Waals surface area contributed by atoms with E-state index in [1.54, 1.807) is 73.6 Å². The van der Waals surface area contributed by atoms with Gasteiger partial charge >= 0.3 is 0 Å². The summed E-state index contributed by atoms with van der Waals surface area (Å²) in [6.45, 7) is -0.180. The van der Waals surface area contributed by atoms with Crippen molar-refractivity contribution < 1.29 is 19.0 Å². The highest BCUT2D eigenvalue weighted by molar-refractivity contribution is 6.30. The maximum absolute atomic E-state index is 12.6. The fourth-order valence-electron chi connectivity index (χ4n) is 3.12. The highest BCUT2D eigenvalue weighted by atomic mass is 35.5. The molecule has 8 nitrogen and oxygen atoms in total. The van der Waals surface area contributed by atoms with Crippen molar-refractivity contribution >= 4 is 23.3 Å². The Labute approximate surface area is 195 Å². The van der Waals surface area contributed by atoms with E-state index in [-0.39, 0.29) is 12.5 Å². The molecule has 0 unspecified atom stereocenters. The zero-order valence-corrected chi connectivity index (χ0v) is 18.7. The van der Waals surface area contributed by atoms with E-state index in [4.69, 9.17) is 25.8 Å². The van der Waals surface area contributed by atoms with Crippen molar-refractivity contribution in [3.63, 3.8) is 0 Å². The smallest absolute Gasteiger partial charge is 0.263 e. The van der Waals surface area contributed by atoms with Crippen LogP contribution >= 0.6 is 11.6 Å². The average Bonchev–Trinajstić information content (AvgIpc) is 3.27. The number of benzene rings is 2. The van der Waals surface area contributed by atoms with E-state index in [1.165, 1.54) is 0 Å². The van der Waals surface area contributed by atoms with E-state index in [0.717, 1.165) is 5.56 Å². The number of aromatic nitrogens is 3. The number of ether oxygens (including phenoxy) is 3. The van der Waals surface area contributed by atoms with Crippen LogP contribution in [0.3, 0.4) is 0 Å². The molecule has 1 N–H and O–H groups in total. The van der Waals surface area contributed by atoms with Crippen LogP contribution in [0.4, 0.5) is 5.82 Å². The molecular weight excluding hydrogens is 444 g/mol. The Hall–Kier alpha value is -4.04. The monoisotopic (exact) mass is 464 g/mol. The molecule has 1 amide bonds. The summed E-state index contributed by atoms with van der Waals surface area (Å²) in [5, 5.41) is 8.09. The molecular formula is C24H21ClN4O4. The maximum atomic E-state index is 12.6. The van der Waals surface area contributed by atoms with Crippen LogP contribution < -0.4 is 19.5 Å². The van der Waals surface area contributed by atoms with E-state index in [1.807, 2.05) is 18.2 Å². The van der Waals surface area contributed by atoms with Gasteiger partial charge in [-0.3, -0.25) is 4.79 Å². The summed E-state index contributed by atoms with van der Waals surface area (Å²) in [6, 6.07) is 19.5. The number of hydrogen-bond acceptors (Lipinski definition) is 6. The Bertz CT molecular complexity index is 1240. The Morgan fingerprint density at radius 3 is 2.48 bits per heavy atom. The molecule has 4 rings (SSSR count). The van der Waals surface area contributed by atoms with Gasteiger partial charge in [-0.15, -0.1) is 0 Å². The summed E-state index contributed by atoms with van der Waals surface area (Å²) < 4.78 is 17.8. The van der Waals surface area contributed by atoms with Gasteiger partial charge in [0.2, 0.25) is 0 Å². The van der Waals surface area contributed by atoms with Crippen LogP contribution in [0.2, 0.25) is 5.02 Å². The van der Waals surface area contributed by atoms with E-state index in [2.05, 4.69) is 15.4 Å². The van der Waals surface area contributed by atoms with E-state index in [9.17, 15) is 4.79 Å². The Morgan fingerprint density at radius 1 is 1.00 bits per heavy atom. The summed E-state index contributed by atoms with van der Waals surface area (Å²) >= 11 is 5.88. The SMILES string of the molecule is COc1ccc(-c2cc(NC(=O)COc3ccc(Cl)cc3)n(-c3ccccn3)n2)cc1OC. The fraction of sp³-hybridized carbons (Fsp3) is 0.125. The number of methoxy groups -OCH3 is 2. The summed E-state index contributed by atoms with van der Waals surface area (Å²) in [4.78, 5) is 17.0. The molecule has 33 heavy (non-hydrogen) atoms. The van der Waals surface area contributed by atoms with Crippen LogP contribution in [0.1, 0.15) is 0 Å². The Morgan fingerprint density at radius 2 is 1.79 bits per heavy atom. The van der Waals surface area contributed by atoms with Crippen molar-refractivity contribution in [3.8, 4) is 34.3 Å². The van der Waals surface area contributed by atoms with Gasteiger partial charge in [-0.05, 0) is 54.6 Å². The molecule has 2 heterocycles. The standard InChI is InChI=1S/C24H21ClN4O4/c1-31-20-11-6-16(13-21(20)32-2)19-14-23(29(28-19)22-5-3-4-12-26-22)27-24(30)15-33-18-9-7-17(25)8-10-18/h3-14H,15H2,1-2H3,(H,27,30). The summed E-state index contributed by atoms with van der Waals surface area (Å²) in [5.74, 6) is 2.38. The van der Waals surface area contributed by atoms with Crippen LogP contribution in [0, 0.1) is 0 Å². The quantitative estimate of drug-likeness (QED) is 0.409. The second-order valence-corrected chi connectivity index (χ2v) is 7.31. The number of carbonyl (C=O) groups excluding carboxylic acids is 1. The molecule has 0 aliphatic rings. The van der Waals surface area contributed by atoms with Crippen molar-refractivity contribution in [2.45, 2.75) is 0 Å². The first-order valence-electron chi connectivity index (χ1n) is 9.99. The summed E-state index contributed by atoms with van der Waals surface area (Å²) in [5.41, 5.74) is 1.41. The summed E-state index contributed by atoms with van der Waals surface area (Å²) in [6.07, 6.45) is 1.66. The number of nitrogens with one attached hydrogen (secondary N) is 1. The molecule has 4 aromatic rings. The third kappa shape index (κ3) is 5.24. The lowest BCUT2D eigenvalue weighted by molar-refractivity contribution is -0.118. The van der Waals surface area contributed by atoms with Gasteiger partial charge in [-0.2, -0.15) is 9.78 Å². The van der Waals surface area contributed by atoms with Gasteiger partial charge in [0.1, 0.15) is 11.6 Å². The van der Waals surface area contributed by atoms with Crippen LogP contribution in [-0.2, 0) is 4.79 Å². The number of pyridine rings is 1. The molecule has 9 heteroatoms. The molecule has 0 bridgehead atoms. The van der Waals surface area contributed by atoms with Crippen LogP contribution in [0.25, 0.3) is 17.1 Å². The average molecular weight is 465 g/mol. The number of anilines is 1. The zero-order valence-electron chi connectivity index (χ0n) is 18.0. The Kier molecular flexibility index (Phi) is 6.75. The third-order valence-corrected chi connectivity index (χ3v) is 4.96. The van der Waals surface area contributed by atoms with E-state index >= 15 is 0 Å². The number of carbonyl (C=O) groups is 1. The summed E-state index contributed by atoms with van der Waals surface area (Å²) in [7, 11) is 3.15. The lowest BCUT2D eigenvalue weighted by Crippen LogP contribution is -2.22. The van der Waals surface area contributed by atoms with Crippen LogP contribution in [0.15, 0.2) is 72.9 Å². The van der Waals surface area contributed by atoms with Gasteiger partial charge in [0.25, 0.3) is 5.91 Å². The van der Waals surface area contributed by atoms with Gasteiger partial charge in [0.15, 0.2) is 23.9 Å². The third-order valence-electron chi connectivity index (χ3n) is 4.71. The van der Waals surface area contributed by atoms with Crippen molar-refractivity contribution in [2.24, 2.45) is 0 Å². The number of hydrogen-bond donors (Lipinski definition) is 1. The lowest BCUT2D eigenvalue weighted by Gasteiger charge is -2.09. The second-order valence-electron chi connectivity index (χ2n) is 6.88. The molecule has 0 saturated carbocycles. The van der Waals surface area contributed by atoms with Gasteiger partial charge in [-0.25, -0.2) is 4.98 Å². The molecule has 0 aliphatic heterocycles. The normalized spacial score (nSPS) is 10.5. The first kappa shape index (κ1) is 22.2. The van der Waals surface area contributed by atoms with E-state index in [0.29, 0.717) is 39.6 Å². The number of halogens is 1. The predicted octanol–water partition coefficient (Wildman–Crippen LogP) is 4.62. The molecule has 0 radical (unpaired) electrons. The maximum Gasteiger partial charge on any atom is 0.263 e. The van der Waals surface area contributed by atoms with Crippen molar-refractivity contribution in [2.75, 3.05) is 26.1 Å². The van der Waals surface area contributed by atoms with Gasteiger partial charge < -0.3 is 19.5 Å². The number of nitrogens with zero attached hydrogens (tertiary/aromatic N) is 3. The molecule has 0 atom stereocenters. The van der Waals surface area contributed by atoms with Crippen molar-refractivity contribution in [1.82, 2.24) is 14.8 Å². The molecule has 2 aromatic carbocycles. The molecule has 0 fully saturated rings. The van der Waals surface area contributed by atoms with Crippen molar-refractivity contribution in [1.29, 1.82) is 0 Å². The number of amides is 1. The van der Waals surface area contributed by atoms with Crippen LogP contribution in [0.5, 0.6) is 17.2 Å². The van der Waals surface area contributed by atoms with Gasteiger partial charge in [0, 0.05) is 22.8 Å². The molecule has 0 saturated heterocycles. The molecule has 2 aromatic heterocycles. The van der Waals surface area contributed by atoms with E-state index < -0.39 is 0 Å². The van der Waals surface area contributed by atoms with Crippen molar-refractivity contribution in [3.05, 3.63) is 77.9 Å².